The summed E-state index contributed by atoms with van der Waals surface area (Å²) in [4.78, 5) is 12.2. The molecule has 0 heterocycles. The van der Waals surface area contributed by atoms with Crippen LogP contribution in [0.15, 0.2) is 24.3 Å². The molecule has 0 aliphatic heterocycles. The molecule has 0 unspecified atom stereocenters. The Labute approximate surface area is 120 Å². The van der Waals surface area contributed by atoms with Crippen molar-refractivity contribution in [3.63, 3.8) is 0 Å². The molecule has 0 aromatic heterocycles. The number of hydrogen-bond acceptors (Lipinski definition) is 2. The van der Waals surface area contributed by atoms with E-state index in [9.17, 15) is 9.90 Å². The van der Waals surface area contributed by atoms with Crippen molar-refractivity contribution in [1.82, 2.24) is 5.32 Å². The fourth-order valence-corrected chi connectivity index (χ4v) is 3.59. The number of aliphatic hydroxyl groups is 1. The van der Waals surface area contributed by atoms with Gasteiger partial charge in [-0.3, -0.25) is 4.79 Å². The molecule has 1 atom stereocenters. The van der Waals surface area contributed by atoms with E-state index in [0.29, 0.717) is 12.3 Å². The number of aliphatic hydroxyl groups excluding tert-OH is 1. The number of rotatable bonds is 3. The third-order valence-corrected chi connectivity index (χ3v) is 4.75. The number of fused-ring (bicyclic) bond motifs is 1. The maximum absolute atomic E-state index is 12.2. The molecule has 1 fully saturated rings. The van der Waals surface area contributed by atoms with E-state index in [0.717, 1.165) is 38.5 Å². The maximum atomic E-state index is 12.2. The number of carbonyl (C=O) groups is 1. The molecule has 1 amide bonds. The van der Waals surface area contributed by atoms with Gasteiger partial charge in [0.2, 0.25) is 5.91 Å². The average Bonchev–Trinajstić information content (AvgIpc) is 2.85. The monoisotopic (exact) mass is 273 g/mol. The van der Waals surface area contributed by atoms with Gasteiger partial charge in [-0.2, -0.15) is 0 Å². The first-order valence-electron chi connectivity index (χ1n) is 7.77. The summed E-state index contributed by atoms with van der Waals surface area (Å²) in [5.41, 5.74) is 2.77. The SMILES string of the molecule is O=C(C[C@H]1CCc2ccccc21)NC1CCC(O)CC1. The van der Waals surface area contributed by atoms with Gasteiger partial charge in [0.05, 0.1) is 6.10 Å². The van der Waals surface area contributed by atoms with Crippen LogP contribution in [-0.4, -0.2) is 23.2 Å². The van der Waals surface area contributed by atoms with Crippen molar-refractivity contribution in [3.8, 4) is 0 Å². The normalized spacial score (nSPS) is 28.9. The molecule has 2 N–H and O–H groups in total. The van der Waals surface area contributed by atoms with Crippen LogP contribution >= 0.6 is 0 Å². The van der Waals surface area contributed by atoms with E-state index in [2.05, 4.69) is 29.6 Å². The molecule has 1 saturated carbocycles. The van der Waals surface area contributed by atoms with Gasteiger partial charge in [-0.15, -0.1) is 0 Å². The second-order valence-corrected chi connectivity index (χ2v) is 6.21. The van der Waals surface area contributed by atoms with Crippen LogP contribution in [-0.2, 0) is 11.2 Å². The predicted molar refractivity (Wildman–Crippen MR) is 78.5 cm³/mol. The first kappa shape index (κ1) is 13.6. The fraction of sp³-hybridized carbons (Fsp3) is 0.588. The van der Waals surface area contributed by atoms with Crippen molar-refractivity contribution in [3.05, 3.63) is 35.4 Å². The predicted octanol–water partition coefficient (Wildman–Crippen LogP) is 2.53. The number of amides is 1. The van der Waals surface area contributed by atoms with Crippen LogP contribution in [0.5, 0.6) is 0 Å². The van der Waals surface area contributed by atoms with Crippen molar-refractivity contribution in [1.29, 1.82) is 0 Å². The number of hydrogen-bond donors (Lipinski definition) is 2. The highest BCUT2D eigenvalue weighted by Crippen LogP contribution is 2.35. The van der Waals surface area contributed by atoms with Crippen LogP contribution in [0, 0.1) is 0 Å². The third kappa shape index (κ3) is 3.04. The fourth-order valence-electron chi connectivity index (χ4n) is 3.59. The topological polar surface area (TPSA) is 49.3 Å². The minimum atomic E-state index is -0.162. The molecule has 1 aromatic rings. The zero-order chi connectivity index (χ0) is 13.9. The Balaban J connectivity index is 1.53. The van der Waals surface area contributed by atoms with E-state index < -0.39 is 0 Å². The van der Waals surface area contributed by atoms with Crippen LogP contribution in [0.2, 0.25) is 0 Å². The Bertz CT molecular complexity index is 478. The second kappa shape index (κ2) is 5.96. The van der Waals surface area contributed by atoms with Gasteiger partial charge in [0.1, 0.15) is 0 Å². The lowest BCUT2D eigenvalue weighted by Gasteiger charge is -2.26. The van der Waals surface area contributed by atoms with Crippen molar-refractivity contribution in [2.24, 2.45) is 0 Å². The van der Waals surface area contributed by atoms with E-state index in [1.54, 1.807) is 0 Å². The standard InChI is InChI=1S/C17H23NO2/c19-15-9-7-14(8-10-15)18-17(20)11-13-6-5-12-3-1-2-4-16(12)13/h1-4,13-15,19H,5-11H2,(H,18,20)/t13-,14?,15?/m1/s1. The Morgan fingerprint density at radius 3 is 2.70 bits per heavy atom. The van der Waals surface area contributed by atoms with Crippen LogP contribution in [0.3, 0.4) is 0 Å². The molecular weight excluding hydrogens is 250 g/mol. The van der Waals surface area contributed by atoms with Gasteiger partial charge in [-0.25, -0.2) is 0 Å². The molecule has 20 heavy (non-hydrogen) atoms. The number of benzene rings is 1. The van der Waals surface area contributed by atoms with Crippen LogP contribution in [0.4, 0.5) is 0 Å². The minimum absolute atomic E-state index is 0.162. The maximum Gasteiger partial charge on any atom is 0.220 e. The first-order chi connectivity index (χ1) is 9.72. The van der Waals surface area contributed by atoms with Crippen molar-refractivity contribution in [2.45, 2.75) is 63.0 Å². The molecule has 0 bridgehead atoms. The van der Waals surface area contributed by atoms with E-state index >= 15 is 0 Å². The summed E-state index contributed by atoms with van der Waals surface area (Å²) in [6, 6.07) is 8.75. The van der Waals surface area contributed by atoms with E-state index in [1.807, 2.05) is 0 Å². The van der Waals surface area contributed by atoms with E-state index in [-0.39, 0.29) is 18.1 Å². The van der Waals surface area contributed by atoms with Gasteiger partial charge in [0.25, 0.3) is 0 Å². The summed E-state index contributed by atoms with van der Waals surface area (Å²) < 4.78 is 0. The summed E-state index contributed by atoms with van der Waals surface area (Å²) in [7, 11) is 0. The zero-order valence-corrected chi connectivity index (χ0v) is 11.8. The third-order valence-electron chi connectivity index (χ3n) is 4.75. The van der Waals surface area contributed by atoms with Crippen molar-refractivity contribution >= 4 is 5.91 Å². The summed E-state index contributed by atoms with van der Waals surface area (Å²) in [6.07, 6.45) is 6.09. The smallest absolute Gasteiger partial charge is 0.220 e. The molecule has 2 aliphatic rings. The lowest BCUT2D eigenvalue weighted by molar-refractivity contribution is -0.122. The van der Waals surface area contributed by atoms with E-state index in [4.69, 9.17) is 0 Å². The minimum Gasteiger partial charge on any atom is -0.393 e. The molecule has 1 aromatic carbocycles. The molecule has 0 saturated heterocycles. The van der Waals surface area contributed by atoms with Crippen LogP contribution in [0.1, 0.15) is 55.6 Å². The average molecular weight is 273 g/mol. The number of carbonyl (C=O) groups excluding carboxylic acids is 1. The number of nitrogens with one attached hydrogen (secondary N) is 1. The Kier molecular flexibility index (Phi) is 4.06. The van der Waals surface area contributed by atoms with Crippen molar-refractivity contribution < 1.29 is 9.90 Å². The molecule has 2 aliphatic carbocycles. The molecular formula is C17H23NO2. The van der Waals surface area contributed by atoms with Gasteiger partial charge in [0.15, 0.2) is 0 Å². The van der Waals surface area contributed by atoms with Gasteiger partial charge < -0.3 is 10.4 Å². The first-order valence-corrected chi connectivity index (χ1v) is 7.77. The molecule has 3 nitrogen and oxygen atoms in total. The van der Waals surface area contributed by atoms with Gasteiger partial charge >= 0.3 is 0 Å². The molecule has 3 rings (SSSR count). The Morgan fingerprint density at radius 1 is 1.15 bits per heavy atom. The zero-order valence-electron chi connectivity index (χ0n) is 11.8. The van der Waals surface area contributed by atoms with Crippen LogP contribution < -0.4 is 5.32 Å². The molecule has 108 valence electrons. The number of aryl methyl sites for hydroxylation is 1. The summed E-state index contributed by atoms with van der Waals surface area (Å²) in [5, 5.41) is 12.6. The quantitative estimate of drug-likeness (QED) is 0.889. The molecule has 0 radical (unpaired) electrons. The van der Waals surface area contributed by atoms with Gasteiger partial charge in [-0.1, -0.05) is 24.3 Å². The lowest BCUT2D eigenvalue weighted by Crippen LogP contribution is -2.38. The highest BCUT2D eigenvalue weighted by Gasteiger charge is 2.26. The molecule has 3 heteroatoms. The second-order valence-electron chi connectivity index (χ2n) is 6.21. The van der Waals surface area contributed by atoms with E-state index in [1.165, 1.54) is 11.1 Å². The summed E-state index contributed by atoms with van der Waals surface area (Å²) in [5.74, 6) is 0.563. The Morgan fingerprint density at radius 2 is 1.90 bits per heavy atom. The summed E-state index contributed by atoms with van der Waals surface area (Å²) >= 11 is 0. The Hall–Kier alpha value is -1.35. The van der Waals surface area contributed by atoms with Crippen molar-refractivity contribution in [2.75, 3.05) is 0 Å². The summed E-state index contributed by atoms with van der Waals surface area (Å²) in [6.45, 7) is 0. The largest absolute Gasteiger partial charge is 0.393 e. The molecule has 0 spiro atoms. The van der Waals surface area contributed by atoms with Crippen LogP contribution in [0.25, 0.3) is 0 Å². The lowest BCUT2D eigenvalue weighted by atomic mass is 9.92. The highest BCUT2D eigenvalue weighted by atomic mass is 16.3. The highest BCUT2D eigenvalue weighted by molar-refractivity contribution is 5.77. The van der Waals surface area contributed by atoms with Gasteiger partial charge in [0, 0.05) is 12.5 Å². The van der Waals surface area contributed by atoms with Gasteiger partial charge in [-0.05, 0) is 55.6 Å².